The Morgan fingerprint density at radius 2 is 2.05 bits per heavy atom. The SMILES string of the molecule is CCOC(=O)CN(CC(=O)N(C)CCC#N)C1CC1. The van der Waals surface area contributed by atoms with Crippen molar-refractivity contribution in [1.82, 2.24) is 9.80 Å². The molecule has 106 valence electrons. The van der Waals surface area contributed by atoms with E-state index in [4.69, 9.17) is 10.00 Å². The summed E-state index contributed by atoms with van der Waals surface area (Å²) < 4.78 is 4.91. The molecule has 0 N–H and O–H groups in total. The highest BCUT2D eigenvalue weighted by molar-refractivity contribution is 5.79. The van der Waals surface area contributed by atoms with E-state index in [1.165, 1.54) is 4.90 Å². The lowest BCUT2D eigenvalue weighted by Crippen LogP contribution is -2.42. The number of rotatable bonds is 8. The number of amides is 1. The first-order chi connectivity index (χ1) is 9.08. The molecule has 0 heterocycles. The summed E-state index contributed by atoms with van der Waals surface area (Å²) in [5, 5.41) is 8.50. The van der Waals surface area contributed by atoms with Gasteiger partial charge < -0.3 is 9.64 Å². The topological polar surface area (TPSA) is 73.6 Å². The molecule has 1 aliphatic carbocycles. The average Bonchev–Trinajstić information content (AvgIpc) is 3.19. The van der Waals surface area contributed by atoms with Crippen molar-refractivity contribution < 1.29 is 14.3 Å². The second kappa shape index (κ2) is 7.74. The van der Waals surface area contributed by atoms with E-state index < -0.39 is 0 Å². The first-order valence-electron chi connectivity index (χ1n) is 6.59. The second-order valence-electron chi connectivity index (χ2n) is 4.66. The van der Waals surface area contributed by atoms with E-state index in [1.54, 1.807) is 14.0 Å². The van der Waals surface area contributed by atoms with Crippen LogP contribution in [0.5, 0.6) is 0 Å². The molecule has 0 aliphatic heterocycles. The van der Waals surface area contributed by atoms with Crippen molar-refractivity contribution >= 4 is 11.9 Å². The lowest BCUT2D eigenvalue weighted by Gasteiger charge is -2.23. The molecule has 1 aliphatic rings. The molecule has 0 atom stereocenters. The van der Waals surface area contributed by atoms with Gasteiger partial charge in [0.2, 0.25) is 5.91 Å². The monoisotopic (exact) mass is 267 g/mol. The Hall–Kier alpha value is -1.61. The van der Waals surface area contributed by atoms with Gasteiger partial charge in [-0.1, -0.05) is 0 Å². The molecule has 1 fully saturated rings. The smallest absolute Gasteiger partial charge is 0.320 e. The van der Waals surface area contributed by atoms with Crippen molar-refractivity contribution in [1.29, 1.82) is 5.26 Å². The summed E-state index contributed by atoms with van der Waals surface area (Å²) in [6.07, 6.45) is 2.37. The molecule has 0 saturated heterocycles. The normalized spacial score (nSPS) is 14.0. The van der Waals surface area contributed by atoms with Crippen LogP contribution in [-0.4, -0.2) is 61.0 Å². The highest BCUT2D eigenvalue weighted by Gasteiger charge is 2.32. The predicted molar refractivity (Wildman–Crippen MR) is 69.1 cm³/mol. The number of hydrogen-bond acceptors (Lipinski definition) is 5. The molecule has 0 aromatic rings. The van der Waals surface area contributed by atoms with Gasteiger partial charge in [-0.2, -0.15) is 5.26 Å². The third kappa shape index (κ3) is 5.71. The van der Waals surface area contributed by atoms with Gasteiger partial charge in [0, 0.05) is 19.6 Å². The Bertz CT molecular complexity index is 361. The molecule has 0 aromatic heterocycles. The summed E-state index contributed by atoms with van der Waals surface area (Å²) in [6, 6.07) is 2.33. The molecule has 1 saturated carbocycles. The van der Waals surface area contributed by atoms with Crippen LogP contribution in [0.2, 0.25) is 0 Å². The van der Waals surface area contributed by atoms with Crippen molar-refractivity contribution in [2.24, 2.45) is 0 Å². The number of nitrogens with zero attached hydrogens (tertiary/aromatic N) is 3. The van der Waals surface area contributed by atoms with Gasteiger partial charge in [0.05, 0.1) is 32.2 Å². The molecule has 19 heavy (non-hydrogen) atoms. The van der Waals surface area contributed by atoms with Gasteiger partial charge >= 0.3 is 5.97 Å². The number of carbonyl (C=O) groups is 2. The molecule has 6 heteroatoms. The highest BCUT2D eigenvalue weighted by Crippen LogP contribution is 2.26. The molecule has 1 rings (SSSR count). The van der Waals surface area contributed by atoms with Gasteiger partial charge in [-0.05, 0) is 19.8 Å². The summed E-state index contributed by atoms with van der Waals surface area (Å²) >= 11 is 0. The van der Waals surface area contributed by atoms with Crippen LogP contribution in [-0.2, 0) is 14.3 Å². The van der Waals surface area contributed by atoms with E-state index >= 15 is 0 Å². The van der Waals surface area contributed by atoms with Crippen molar-refractivity contribution in [3.63, 3.8) is 0 Å². The zero-order valence-electron chi connectivity index (χ0n) is 11.6. The average molecular weight is 267 g/mol. The molecular weight excluding hydrogens is 246 g/mol. The molecule has 6 nitrogen and oxygen atoms in total. The van der Waals surface area contributed by atoms with E-state index in [0.717, 1.165) is 12.8 Å². The maximum Gasteiger partial charge on any atom is 0.320 e. The first kappa shape index (κ1) is 15.4. The quantitative estimate of drug-likeness (QED) is 0.595. The van der Waals surface area contributed by atoms with Gasteiger partial charge in [-0.25, -0.2) is 0 Å². The van der Waals surface area contributed by atoms with Crippen LogP contribution in [0.1, 0.15) is 26.2 Å². The Morgan fingerprint density at radius 3 is 2.58 bits per heavy atom. The van der Waals surface area contributed by atoms with Gasteiger partial charge in [-0.3, -0.25) is 14.5 Å². The van der Waals surface area contributed by atoms with Crippen LogP contribution in [0.3, 0.4) is 0 Å². The van der Waals surface area contributed by atoms with Crippen LogP contribution < -0.4 is 0 Å². The lowest BCUT2D eigenvalue weighted by atomic mass is 10.3. The minimum absolute atomic E-state index is 0.0635. The fourth-order valence-corrected chi connectivity index (χ4v) is 1.76. The van der Waals surface area contributed by atoms with Crippen molar-refractivity contribution in [3.8, 4) is 6.07 Å². The standard InChI is InChI=1S/C13H21N3O3/c1-3-19-13(18)10-16(11-5-6-11)9-12(17)15(2)8-4-7-14/h11H,3-6,8-10H2,1-2H3. The van der Waals surface area contributed by atoms with Crippen LogP contribution in [0, 0.1) is 11.3 Å². The molecule has 1 amide bonds. The van der Waals surface area contributed by atoms with Gasteiger partial charge in [0.1, 0.15) is 0 Å². The lowest BCUT2D eigenvalue weighted by molar-refractivity contribution is -0.145. The molecule has 0 bridgehead atoms. The van der Waals surface area contributed by atoms with Crippen molar-refractivity contribution in [2.45, 2.75) is 32.2 Å². The molecule has 0 spiro atoms. The third-order valence-corrected chi connectivity index (χ3v) is 3.02. The molecule has 0 unspecified atom stereocenters. The van der Waals surface area contributed by atoms with Crippen LogP contribution in [0.15, 0.2) is 0 Å². The Labute approximate surface area is 113 Å². The molecule has 0 aromatic carbocycles. The van der Waals surface area contributed by atoms with E-state index in [9.17, 15) is 9.59 Å². The number of ether oxygens (including phenoxy) is 1. The second-order valence-corrected chi connectivity index (χ2v) is 4.66. The van der Waals surface area contributed by atoms with E-state index in [-0.39, 0.29) is 25.0 Å². The van der Waals surface area contributed by atoms with Crippen molar-refractivity contribution in [2.75, 3.05) is 33.3 Å². The first-order valence-corrected chi connectivity index (χ1v) is 6.59. The van der Waals surface area contributed by atoms with E-state index in [0.29, 0.717) is 25.6 Å². The maximum absolute atomic E-state index is 12.0. The van der Waals surface area contributed by atoms with Crippen molar-refractivity contribution in [3.05, 3.63) is 0 Å². The van der Waals surface area contributed by atoms with Crippen LogP contribution in [0.25, 0.3) is 0 Å². The predicted octanol–water partition coefficient (Wildman–Crippen LogP) is 0.386. The van der Waals surface area contributed by atoms with Crippen LogP contribution >= 0.6 is 0 Å². The summed E-state index contributed by atoms with van der Waals surface area (Å²) in [5.41, 5.74) is 0. The van der Waals surface area contributed by atoms with E-state index in [2.05, 4.69) is 0 Å². The third-order valence-electron chi connectivity index (χ3n) is 3.02. The largest absolute Gasteiger partial charge is 0.465 e. The van der Waals surface area contributed by atoms with E-state index in [1.807, 2.05) is 11.0 Å². The summed E-state index contributed by atoms with van der Waals surface area (Å²) in [4.78, 5) is 26.8. The number of hydrogen-bond donors (Lipinski definition) is 0. The zero-order valence-corrected chi connectivity index (χ0v) is 11.6. The summed E-state index contributed by atoms with van der Waals surface area (Å²) in [7, 11) is 1.68. The molecular formula is C13H21N3O3. The number of carbonyl (C=O) groups excluding carboxylic acids is 2. The number of esters is 1. The summed E-state index contributed by atoms with van der Waals surface area (Å²) in [5.74, 6) is -0.353. The fraction of sp³-hybridized carbons (Fsp3) is 0.769. The minimum Gasteiger partial charge on any atom is -0.465 e. The van der Waals surface area contributed by atoms with Gasteiger partial charge in [-0.15, -0.1) is 0 Å². The Kier molecular flexibility index (Phi) is 6.30. The Morgan fingerprint density at radius 1 is 1.37 bits per heavy atom. The Balaban J connectivity index is 2.42. The number of nitriles is 1. The zero-order chi connectivity index (χ0) is 14.3. The van der Waals surface area contributed by atoms with Gasteiger partial charge in [0.25, 0.3) is 0 Å². The maximum atomic E-state index is 12.0. The van der Waals surface area contributed by atoms with Gasteiger partial charge in [0.15, 0.2) is 0 Å². The summed E-state index contributed by atoms with van der Waals surface area (Å²) in [6.45, 7) is 2.92. The number of likely N-dealkylation sites (N-methyl/N-ethyl adjacent to an activating group) is 1. The highest BCUT2D eigenvalue weighted by atomic mass is 16.5. The van der Waals surface area contributed by atoms with Crippen LogP contribution in [0.4, 0.5) is 0 Å². The minimum atomic E-state index is -0.290. The molecule has 0 radical (unpaired) electrons. The fourth-order valence-electron chi connectivity index (χ4n) is 1.76.